The van der Waals surface area contributed by atoms with Crippen LogP contribution in [0.2, 0.25) is 0 Å². The topological polar surface area (TPSA) is 49.4 Å². The third-order valence-corrected chi connectivity index (χ3v) is 5.65. The van der Waals surface area contributed by atoms with Gasteiger partial charge in [-0.1, -0.05) is 49.4 Å². The van der Waals surface area contributed by atoms with Crippen molar-refractivity contribution in [1.82, 2.24) is 5.32 Å². The fourth-order valence-corrected chi connectivity index (χ4v) is 4.15. The number of amides is 2. The van der Waals surface area contributed by atoms with E-state index >= 15 is 0 Å². The summed E-state index contributed by atoms with van der Waals surface area (Å²) in [7, 11) is 0. The number of carbonyl (C=O) groups excluding carboxylic acids is 2. The van der Waals surface area contributed by atoms with Crippen LogP contribution in [-0.2, 0) is 16.0 Å². The van der Waals surface area contributed by atoms with E-state index in [2.05, 4.69) is 18.3 Å². The molecular formula is C21H24N2O2S. The molecule has 1 aliphatic rings. The molecule has 0 radical (unpaired) electrons. The number of fused-ring (bicyclic) bond motifs is 1. The number of hydrogen-bond acceptors (Lipinski definition) is 3. The number of carbonyl (C=O) groups is 2. The molecule has 3 rings (SSSR count). The summed E-state index contributed by atoms with van der Waals surface area (Å²) in [6, 6.07) is 17.7. The van der Waals surface area contributed by atoms with Gasteiger partial charge in [-0.25, -0.2) is 0 Å². The van der Waals surface area contributed by atoms with Crippen LogP contribution in [0.25, 0.3) is 0 Å². The van der Waals surface area contributed by atoms with Gasteiger partial charge in [-0.05, 0) is 24.1 Å². The quantitative estimate of drug-likeness (QED) is 0.876. The number of thioether (sulfide) groups is 1. The van der Waals surface area contributed by atoms with Gasteiger partial charge in [0, 0.05) is 29.7 Å². The molecule has 0 fully saturated rings. The molecular weight excluding hydrogens is 344 g/mol. The molecule has 4 nitrogen and oxygen atoms in total. The zero-order valence-corrected chi connectivity index (χ0v) is 15.8. The molecule has 0 aromatic heterocycles. The molecule has 0 saturated heterocycles. The van der Waals surface area contributed by atoms with Gasteiger partial charge in [0.05, 0.1) is 12.1 Å². The fourth-order valence-electron chi connectivity index (χ4n) is 3.03. The average Bonchev–Trinajstić information content (AvgIpc) is 2.80. The van der Waals surface area contributed by atoms with E-state index in [0.29, 0.717) is 24.6 Å². The molecule has 1 N–H and O–H groups in total. The summed E-state index contributed by atoms with van der Waals surface area (Å²) in [5.41, 5.74) is 1.96. The van der Waals surface area contributed by atoms with Gasteiger partial charge in [-0.15, -0.1) is 11.8 Å². The lowest BCUT2D eigenvalue weighted by atomic mass is 10.1. The van der Waals surface area contributed by atoms with E-state index in [9.17, 15) is 9.59 Å². The predicted molar refractivity (Wildman–Crippen MR) is 107 cm³/mol. The molecule has 0 aliphatic carbocycles. The van der Waals surface area contributed by atoms with Crippen molar-refractivity contribution in [2.45, 2.75) is 36.3 Å². The molecule has 5 heteroatoms. The molecule has 0 spiro atoms. The van der Waals surface area contributed by atoms with E-state index in [1.54, 1.807) is 0 Å². The largest absolute Gasteiger partial charge is 0.355 e. The number of anilines is 1. The van der Waals surface area contributed by atoms with Crippen LogP contribution >= 0.6 is 11.8 Å². The molecule has 1 aliphatic heterocycles. The molecule has 1 unspecified atom stereocenters. The maximum absolute atomic E-state index is 12.7. The molecule has 1 heterocycles. The summed E-state index contributed by atoms with van der Waals surface area (Å²) in [6.45, 7) is 3.28. The Morgan fingerprint density at radius 1 is 1.12 bits per heavy atom. The predicted octanol–water partition coefficient (Wildman–Crippen LogP) is 3.65. The fraction of sp³-hybridized carbons (Fsp3) is 0.333. The van der Waals surface area contributed by atoms with Gasteiger partial charge in [0.15, 0.2) is 0 Å². The van der Waals surface area contributed by atoms with Crippen LogP contribution < -0.4 is 10.2 Å². The minimum Gasteiger partial charge on any atom is -0.355 e. The lowest BCUT2D eigenvalue weighted by Crippen LogP contribution is -2.35. The van der Waals surface area contributed by atoms with Crippen molar-refractivity contribution in [3.05, 3.63) is 60.2 Å². The molecule has 0 saturated carbocycles. The number of hydrogen-bond donors (Lipinski definition) is 1. The molecule has 0 bridgehead atoms. The Kier molecular flexibility index (Phi) is 6.34. The van der Waals surface area contributed by atoms with Crippen molar-refractivity contribution in [2.75, 3.05) is 18.0 Å². The van der Waals surface area contributed by atoms with Gasteiger partial charge in [0.2, 0.25) is 11.8 Å². The number of rotatable bonds is 5. The molecule has 1 atom stereocenters. The zero-order valence-electron chi connectivity index (χ0n) is 15.0. The van der Waals surface area contributed by atoms with Crippen LogP contribution in [0.1, 0.15) is 25.3 Å². The average molecular weight is 369 g/mol. The van der Waals surface area contributed by atoms with E-state index in [1.807, 2.05) is 65.2 Å². The Balaban J connectivity index is 1.54. The van der Waals surface area contributed by atoms with Gasteiger partial charge < -0.3 is 10.2 Å². The number of nitrogens with zero attached hydrogens (tertiary/aromatic N) is 1. The van der Waals surface area contributed by atoms with Crippen molar-refractivity contribution in [2.24, 2.45) is 0 Å². The first-order chi connectivity index (χ1) is 12.6. The van der Waals surface area contributed by atoms with E-state index in [1.165, 1.54) is 0 Å². The van der Waals surface area contributed by atoms with Crippen LogP contribution in [0.4, 0.5) is 5.69 Å². The van der Waals surface area contributed by atoms with Crippen LogP contribution in [0.5, 0.6) is 0 Å². The van der Waals surface area contributed by atoms with Gasteiger partial charge in [0.1, 0.15) is 0 Å². The highest BCUT2D eigenvalue weighted by molar-refractivity contribution is 8.00. The third-order valence-electron chi connectivity index (χ3n) is 4.41. The molecule has 26 heavy (non-hydrogen) atoms. The molecule has 2 amide bonds. The Bertz CT molecular complexity index is 764. The summed E-state index contributed by atoms with van der Waals surface area (Å²) < 4.78 is 0. The van der Waals surface area contributed by atoms with Crippen molar-refractivity contribution >= 4 is 29.3 Å². The minimum absolute atomic E-state index is 0.0514. The Morgan fingerprint density at radius 3 is 2.65 bits per heavy atom. The SMILES string of the molecule is CC1CCN(C(=O)CCNC(=O)Cc2ccccc2)c2ccccc2S1. The third kappa shape index (κ3) is 4.88. The van der Waals surface area contributed by atoms with Crippen molar-refractivity contribution in [3.8, 4) is 0 Å². The van der Waals surface area contributed by atoms with E-state index < -0.39 is 0 Å². The van der Waals surface area contributed by atoms with Crippen LogP contribution in [0.3, 0.4) is 0 Å². The normalized spacial score (nSPS) is 16.5. The van der Waals surface area contributed by atoms with Gasteiger partial charge in [0.25, 0.3) is 0 Å². The smallest absolute Gasteiger partial charge is 0.228 e. The van der Waals surface area contributed by atoms with Gasteiger partial charge in [-0.3, -0.25) is 9.59 Å². The lowest BCUT2D eigenvalue weighted by Gasteiger charge is -2.22. The Morgan fingerprint density at radius 2 is 1.85 bits per heavy atom. The zero-order chi connectivity index (χ0) is 18.4. The Hall–Kier alpha value is -2.27. The van der Waals surface area contributed by atoms with Crippen LogP contribution in [-0.4, -0.2) is 30.2 Å². The second-order valence-electron chi connectivity index (χ2n) is 6.49. The highest BCUT2D eigenvalue weighted by atomic mass is 32.2. The minimum atomic E-state index is -0.0514. The second kappa shape index (κ2) is 8.90. The summed E-state index contributed by atoms with van der Waals surface area (Å²) in [6.07, 6.45) is 1.62. The van der Waals surface area contributed by atoms with E-state index in [-0.39, 0.29) is 11.8 Å². The highest BCUT2D eigenvalue weighted by Crippen LogP contribution is 2.37. The van der Waals surface area contributed by atoms with Gasteiger partial charge >= 0.3 is 0 Å². The highest BCUT2D eigenvalue weighted by Gasteiger charge is 2.23. The first-order valence-electron chi connectivity index (χ1n) is 9.00. The lowest BCUT2D eigenvalue weighted by molar-refractivity contribution is -0.121. The summed E-state index contributed by atoms with van der Waals surface area (Å²) >= 11 is 1.82. The number of para-hydroxylation sites is 1. The monoisotopic (exact) mass is 368 g/mol. The first-order valence-corrected chi connectivity index (χ1v) is 9.88. The molecule has 2 aromatic rings. The standard InChI is InChI=1S/C21H24N2O2S/c1-16-12-14-23(18-9-5-6-10-19(18)26-16)21(25)11-13-22-20(24)15-17-7-3-2-4-8-17/h2-10,16H,11-15H2,1H3,(H,22,24). The summed E-state index contributed by atoms with van der Waals surface area (Å²) in [5.74, 6) is 0.0107. The van der Waals surface area contributed by atoms with Gasteiger partial charge in [-0.2, -0.15) is 0 Å². The van der Waals surface area contributed by atoms with E-state index in [0.717, 1.165) is 29.1 Å². The van der Waals surface area contributed by atoms with Crippen LogP contribution in [0.15, 0.2) is 59.5 Å². The van der Waals surface area contributed by atoms with E-state index in [4.69, 9.17) is 0 Å². The van der Waals surface area contributed by atoms with Crippen LogP contribution in [0, 0.1) is 0 Å². The number of nitrogens with one attached hydrogen (secondary N) is 1. The first kappa shape index (κ1) is 18.5. The second-order valence-corrected chi connectivity index (χ2v) is 7.97. The summed E-state index contributed by atoms with van der Waals surface area (Å²) in [5, 5.41) is 3.34. The Labute approximate surface area is 159 Å². The maximum atomic E-state index is 12.7. The summed E-state index contributed by atoms with van der Waals surface area (Å²) in [4.78, 5) is 27.8. The van der Waals surface area contributed by atoms with Crippen molar-refractivity contribution < 1.29 is 9.59 Å². The molecule has 136 valence electrons. The molecule has 2 aromatic carbocycles. The van der Waals surface area contributed by atoms with Crippen molar-refractivity contribution in [1.29, 1.82) is 0 Å². The number of benzene rings is 2. The van der Waals surface area contributed by atoms with Crippen molar-refractivity contribution in [3.63, 3.8) is 0 Å². The maximum Gasteiger partial charge on any atom is 0.228 e.